The van der Waals surface area contributed by atoms with E-state index in [0.717, 1.165) is 16.7 Å². The maximum Gasteiger partial charge on any atom is 0.360 e. The molecule has 0 saturated heterocycles. The minimum atomic E-state index is -0.659. The van der Waals surface area contributed by atoms with Crippen LogP contribution in [0.5, 0.6) is 11.5 Å². The molecule has 88 valence electrons. The summed E-state index contributed by atoms with van der Waals surface area (Å²) in [5.41, 5.74) is 2.78. The average Bonchev–Trinajstić information content (AvgIpc) is 2.67. The first-order valence-corrected chi connectivity index (χ1v) is 5.28. The lowest BCUT2D eigenvalue weighted by Crippen LogP contribution is -2.19. The van der Waals surface area contributed by atoms with Crippen molar-refractivity contribution in [2.45, 2.75) is 20.3 Å². The molecule has 3 heteroatoms. The van der Waals surface area contributed by atoms with Crippen molar-refractivity contribution in [2.24, 2.45) is 0 Å². The molecule has 17 heavy (non-hydrogen) atoms. The highest BCUT2D eigenvalue weighted by Crippen LogP contribution is 2.36. The molecule has 2 rings (SSSR count). The first kappa shape index (κ1) is 11.6. The topological polar surface area (TPSA) is 27.7 Å². The molecule has 1 atom stereocenters. The molecule has 1 aromatic carbocycles. The third kappa shape index (κ3) is 2.43. The Morgan fingerprint density at radius 2 is 2.00 bits per heavy atom. The lowest BCUT2D eigenvalue weighted by molar-refractivity contribution is -0.157. The van der Waals surface area contributed by atoms with Gasteiger partial charge in [-0.2, -0.15) is 0 Å². The summed E-state index contributed by atoms with van der Waals surface area (Å²) in [7, 11) is 1.53. The number of ether oxygens (including phenoxy) is 3. The summed E-state index contributed by atoms with van der Waals surface area (Å²) in [4.78, 5) is 0. The van der Waals surface area contributed by atoms with Crippen LogP contribution in [0.15, 0.2) is 24.3 Å². The number of rotatable bonds is 1. The highest BCUT2D eigenvalue weighted by Gasteiger charge is 2.24. The summed E-state index contributed by atoms with van der Waals surface area (Å²) in [6, 6.07) is 3.76. The second kappa shape index (κ2) is 4.52. The van der Waals surface area contributed by atoms with Crippen LogP contribution in [-0.4, -0.2) is 13.6 Å². The Bertz CT molecular complexity index is 520. The van der Waals surface area contributed by atoms with Crippen molar-refractivity contribution in [3.63, 3.8) is 0 Å². The number of hydrogen-bond acceptors (Lipinski definition) is 3. The second-order valence-corrected chi connectivity index (χ2v) is 3.90. The molecule has 1 aliphatic rings. The Balaban J connectivity index is 2.34. The normalized spacial score (nSPS) is 16.3. The minimum absolute atomic E-state index is 0.659. The van der Waals surface area contributed by atoms with Crippen molar-refractivity contribution in [2.75, 3.05) is 7.11 Å². The Morgan fingerprint density at radius 3 is 2.59 bits per heavy atom. The van der Waals surface area contributed by atoms with Crippen LogP contribution in [0.2, 0.25) is 0 Å². The summed E-state index contributed by atoms with van der Waals surface area (Å²) < 4.78 is 15.8. The van der Waals surface area contributed by atoms with Crippen LogP contribution < -0.4 is 9.47 Å². The molecule has 0 N–H and O–H groups in total. The number of aryl methyl sites for hydroxylation is 1. The van der Waals surface area contributed by atoms with E-state index in [2.05, 4.69) is 18.4 Å². The average molecular weight is 230 g/mol. The monoisotopic (exact) mass is 230 g/mol. The Labute approximate surface area is 101 Å². The molecule has 1 aliphatic heterocycles. The van der Waals surface area contributed by atoms with Crippen molar-refractivity contribution >= 4 is 0 Å². The van der Waals surface area contributed by atoms with Gasteiger partial charge in [0.2, 0.25) is 0 Å². The van der Waals surface area contributed by atoms with E-state index in [4.69, 9.17) is 14.2 Å². The molecule has 0 bridgehead atoms. The van der Waals surface area contributed by atoms with Crippen molar-refractivity contribution < 1.29 is 14.2 Å². The lowest BCUT2D eigenvalue weighted by Gasteiger charge is -2.05. The Hall–Kier alpha value is -1.92. The molecule has 3 nitrogen and oxygen atoms in total. The van der Waals surface area contributed by atoms with Gasteiger partial charge in [-0.15, -0.1) is 0 Å². The number of hydrogen-bond donors (Lipinski definition) is 0. The van der Waals surface area contributed by atoms with Crippen molar-refractivity contribution in [1.29, 1.82) is 0 Å². The molecular formula is C14H14O3. The fourth-order valence-electron chi connectivity index (χ4n) is 1.48. The quantitative estimate of drug-likeness (QED) is 0.694. The minimum Gasteiger partial charge on any atom is -0.428 e. The van der Waals surface area contributed by atoms with E-state index in [1.165, 1.54) is 7.11 Å². The van der Waals surface area contributed by atoms with Gasteiger partial charge in [0.05, 0.1) is 0 Å². The van der Waals surface area contributed by atoms with Gasteiger partial charge in [0.15, 0.2) is 11.5 Å². The molecule has 0 aromatic heterocycles. The third-order valence-corrected chi connectivity index (χ3v) is 2.34. The third-order valence-electron chi connectivity index (χ3n) is 2.34. The Morgan fingerprint density at radius 1 is 1.35 bits per heavy atom. The van der Waals surface area contributed by atoms with Crippen LogP contribution in [0.3, 0.4) is 0 Å². The number of methoxy groups -OCH3 is 1. The molecule has 0 saturated carbocycles. The maximum atomic E-state index is 5.42. The van der Waals surface area contributed by atoms with Crippen molar-refractivity contribution in [3.8, 4) is 23.3 Å². The van der Waals surface area contributed by atoms with Crippen molar-refractivity contribution in [1.82, 2.24) is 0 Å². The van der Waals surface area contributed by atoms with E-state index in [0.29, 0.717) is 11.5 Å². The van der Waals surface area contributed by atoms with E-state index in [-0.39, 0.29) is 0 Å². The molecule has 1 heterocycles. The first-order chi connectivity index (χ1) is 8.10. The van der Waals surface area contributed by atoms with Gasteiger partial charge in [-0.1, -0.05) is 18.4 Å². The van der Waals surface area contributed by atoms with Gasteiger partial charge >= 0.3 is 6.48 Å². The highest BCUT2D eigenvalue weighted by atomic mass is 16.9. The summed E-state index contributed by atoms with van der Waals surface area (Å²) in [6.07, 6.45) is 0. The van der Waals surface area contributed by atoms with Gasteiger partial charge in [-0.25, -0.2) is 0 Å². The van der Waals surface area contributed by atoms with Gasteiger partial charge in [-0.3, -0.25) is 0 Å². The summed E-state index contributed by atoms with van der Waals surface area (Å²) >= 11 is 0. The molecule has 1 aromatic rings. The molecule has 1 unspecified atom stereocenters. The molecule has 0 fully saturated rings. The van der Waals surface area contributed by atoms with Gasteiger partial charge in [0.1, 0.15) is 0 Å². The van der Waals surface area contributed by atoms with E-state index >= 15 is 0 Å². The van der Waals surface area contributed by atoms with Gasteiger partial charge in [0.25, 0.3) is 0 Å². The van der Waals surface area contributed by atoms with E-state index in [1.54, 1.807) is 0 Å². The van der Waals surface area contributed by atoms with E-state index < -0.39 is 6.48 Å². The molecule has 0 spiro atoms. The summed E-state index contributed by atoms with van der Waals surface area (Å²) in [5.74, 6) is 7.35. The fraction of sp³-hybridized carbons (Fsp3) is 0.286. The van der Waals surface area contributed by atoms with Crippen LogP contribution in [0, 0.1) is 18.8 Å². The van der Waals surface area contributed by atoms with Gasteiger partial charge in [-0.05, 0) is 31.1 Å². The zero-order valence-corrected chi connectivity index (χ0v) is 10.2. The predicted molar refractivity (Wildman–Crippen MR) is 64.9 cm³/mol. The molecule has 0 amide bonds. The first-order valence-electron chi connectivity index (χ1n) is 5.28. The highest BCUT2D eigenvalue weighted by molar-refractivity contribution is 5.54. The maximum absolute atomic E-state index is 5.42. The van der Waals surface area contributed by atoms with Crippen LogP contribution in [-0.2, 0) is 4.74 Å². The zero-order chi connectivity index (χ0) is 12.4. The zero-order valence-electron chi connectivity index (χ0n) is 10.2. The van der Waals surface area contributed by atoms with Crippen LogP contribution in [0.25, 0.3) is 0 Å². The summed E-state index contributed by atoms with van der Waals surface area (Å²) in [6.45, 7) is 6.94. The van der Waals surface area contributed by atoms with Crippen LogP contribution in [0.1, 0.15) is 18.1 Å². The van der Waals surface area contributed by atoms with E-state index in [9.17, 15) is 0 Å². The second-order valence-electron chi connectivity index (χ2n) is 3.90. The largest absolute Gasteiger partial charge is 0.428 e. The Kier molecular flexibility index (Phi) is 3.08. The number of allylic oxidation sites excluding steroid dienone is 1. The van der Waals surface area contributed by atoms with Gasteiger partial charge in [0, 0.05) is 18.7 Å². The van der Waals surface area contributed by atoms with Crippen LogP contribution in [0.4, 0.5) is 0 Å². The molecular weight excluding hydrogens is 216 g/mol. The number of fused-ring (bicyclic) bond motifs is 1. The van der Waals surface area contributed by atoms with Crippen molar-refractivity contribution in [3.05, 3.63) is 35.4 Å². The van der Waals surface area contributed by atoms with Crippen LogP contribution >= 0.6 is 0 Å². The predicted octanol–water partition coefficient (Wildman–Crippen LogP) is 2.62. The van der Waals surface area contributed by atoms with E-state index in [1.807, 2.05) is 26.0 Å². The fourth-order valence-corrected chi connectivity index (χ4v) is 1.48. The number of benzene rings is 1. The molecule has 0 aliphatic carbocycles. The standard InChI is InChI=1S/C14H14O3/c1-9(2)5-6-11-8-13-12(7-10(11)3)16-14(15-4)17-13/h7-8,14H,1H2,2-4H3. The van der Waals surface area contributed by atoms with Gasteiger partial charge < -0.3 is 14.2 Å². The smallest absolute Gasteiger partial charge is 0.360 e. The summed E-state index contributed by atoms with van der Waals surface area (Å²) in [5, 5.41) is 0. The molecule has 0 radical (unpaired) electrons. The lowest BCUT2D eigenvalue weighted by atomic mass is 10.1. The SMILES string of the molecule is C=C(C)C#Cc1cc2c(cc1C)OC(OC)O2.